The second-order valence-corrected chi connectivity index (χ2v) is 7.57. The van der Waals surface area contributed by atoms with E-state index < -0.39 is 0 Å². The van der Waals surface area contributed by atoms with Gasteiger partial charge >= 0.3 is 0 Å². The Hall–Kier alpha value is -2.98. The Balaban J connectivity index is 1.50. The lowest BCUT2D eigenvalue weighted by Crippen LogP contribution is -2.49. The Morgan fingerprint density at radius 2 is 2.04 bits per heavy atom. The van der Waals surface area contributed by atoms with Gasteiger partial charge in [-0.3, -0.25) is 4.79 Å². The van der Waals surface area contributed by atoms with Gasteiger partial charge in [0.25, 0.3) is 5.91 Å². The maximum absolute atomic E-state index is 12.7. The standard InChI is InChI=1S/C20H19N5OS/c1-2-16-11-17-18(22-13-23-19(17)27-16)24-6-8-25(9-7-24)20(26)15-5-3-4-14(10-15)12-21/h3-5,10-11,13H,2,6-9H2,1H3. The summed E-state index contributed by atoms with van der Waals surface area (Å²) in [6.07, 6.45) is 2.61. The van der Waals surface area contributed by atoms with Gasteiger partial charge in [-0.15, -0.1) is 11.3 Å². The van der Waals surface area contributed by atoms with Crippen LogP contribution in [0.2, 0.25) is 0 Å². The number of carbonyl (C=O) groups is 1. The maximum Gasteiger partial charge on any atom is 0.254 e. The lowest BCUT2D eigenvalue weighted by atomic mass is 10.1. The third kappa shape index (κ3) is 3.36. The Morgan fingerprint density at radius 3 is 2.78 bits per heavy atom. The number of anilines is 1. The monoisotopic (exact) mass is 377 g/mol. The van der Waals surface area contributed by atoms with E-state index in [-0.39, 0.29) is 5.91 Å². The van der Waals surface area contributed by atoms with Crippen LogP contribution in [0, 0.1) is 11.3 Å². The third-order valence-corrected chi connectivity index (χ3v) is 6.00. The average Bonchev–Trinajstić information content (AvgIpc) is 3.17. The van der Waals surface area contributed by atoms with E-state index in [1.54, 1.807) is 41.9 Å². The number of fused-ring (bicyclic) bond motifs is 1. The van der Waals surface area contributed by atoms with Crippen LogP contribution in [0.4, 0.5) is 5.82 Å². The first-order chi connectivity index (χ1) is 13.2. The van der Waals surface area contributed by atoms with Crippen molar-refractivity contribution in [2.45, 2.75) is 13.3 Å². The van der Waals surface area contributed by atoms with Crippen molar-refractivity contribution >= 4 is 33.3 Å². The normalized spacial score (nSPS) is 14.4. The molecule has 1 aliphatic rings. The van der Waals surface area contributed by atoms with Crippen molar-refractivity contribution in [3.63, 3.8) is 0 Å². The van der Waals surface area contributed by atoms with Crippen molar-refractivity contribution in [2.75, 3.05) is 31.1 Å². The summed E-state index contributed by atoms with van der Waals surface area (Å²) in [5.41, 5.74) is 1.07. The first-order valence-corrected chi connectivity index (χ1v) is 9.79. The SMILES string of the molecule is CCc1cc2c(N3CCN(C(=O)c4cccc(C#N)c4)CC3)ncnc2s1. The number of nitrogens with zero attached hydrogens (tertiary/aromatic N) is 5. The van der Waals surface area contributed by atoms with Gasteiger partial charge in [-0.1, -0.05) is 13.0 Å². The van der Waals surface area contributed by atoms with Crippen LogP contribution >= 0.6 is 11.3 Å². The molecular weight excluding hydrogens is 358 g/mol. The van der Waals surface area contributed by atoms with Crippen LogP contribution in [0.25, 0.3) is 10.2 Å². The molecule has 0 saturated carbocycles. The fourth-order valence-electron chi connectivity index (χ4n) is 3.34. The number of piperazine rings is 1. The van der Waals surface area contributed by atoms with Gasteiger partial charge in [-0.25, -0.2) is 9.97 Å². The zero-order valence-electron chi connectivity index (χ0n) is 15.1. The molecule has 0 atom stereocenters. The molecule has 1 aromatic carbocycles. The third-order valence-electron chi connectivity index (χ3n) is 4.81. The van der Waals surface area contributed by atoms with Crippen LogP contribution in [0.1, 0.15) is 27.7 Å². The molecule has 0 bridgehead atoms. The molecule has 1 fully saturated rings. The zero-order chi connectivity index (χ0) is 18.8. The van der Waals surface area contributed by atoms with E-state index in [1.807, 2.05) is 4.90 Å². The summed E-state index contributed by atoms with van der Waals surface area (Å²) >= 11 is 1.71. The molecule has 1 saturated heterocycles. The average molecular weight is 377 g/mol. The zero-order valence-corrected chi connectivity index (χ0v) is 15.9. The van der Waals surface area contributed by atoms with Gasteiger partial charge in [0, 0.05) is 36.6 Å². The van der Waals surface area contributed by atoms with Crippen molar-refractivity contribution in [1.82, 2.24) is 14.9 Å². The summed E-state index contributed by atoms with van der Waals surface area (Å²) in [5, 5.41) is 10.1. The number of rotatable bonds is 3. The molecule has 0 aliphatic carbocycles. The number of amides is 1. The molecule has 1 amide bonds. The fourth-order valence-corrected chi connectivity index (χ4v) is 4.27. The molecule has 7 heteroatoms. The Kier molecular flexibility index (Phi) is 4.73. The number of aromatic nitrogens is 2. The molecule has 4 rings (SSSR count). The van der Waals surface area contributed by atoms with Gasteiger partial charge in [0.1, 0.15) is 17.0 Å². The number of thiophene rings is 1. The van der Waals surface area contributed by atoms with Crippen molar-refractivity contribution in [3.8, 4) is 6.07 Å². The van der Waals surface area contributed by atoms with Crippen LogP contribution < -0.4 is 4.90 Å². The van der Waals surface area contributed by atoms with Crippen LogP contribution in [-0.4, -0.2) is 47.0 Å². The Morgan fingerprint density at radius 1 is 1.22 bits per heavy atom. The summed E-state index contributed by atoms with van der Waals surface area (Å²) in [4.78, 5) is 28.0. The van der Waals surface area contributed by atoms with Gasteiger partial charge in [0.05, 0.1) is 17.0 Å². The van der Waals surface area contributed by atoms with Crippen molar-refractivity contribution in [2.24, 2.45) is 0 Å². The summed E-state index contributed by atoms with van der Waals surface area (Å²) in [7, 11) is 0. The lowest BCUT2D eigenvalue weighted by molar-refractivity contribution is 0.0746. The molecule has 0 N–H and O–H groups in total. The van der Waals surface area contributed by atoms with Crippen LogP contribution in [0.15, 0.2) is 36.7 Å². The smallest absolute Gasteiger partial charge is 0.254 e. The van der Waals surface area contributed by atoms with Gasteiger partial charge < -0.3 is 9.80 Å². The largest absolute Gasteiger partial charge is 0.352 e. The minimum Gasteiger partial charge on any atom is -0.352 e. The number of aryl methyl sites for hydroxylation is 1. The Labute approximate surface area is 161 Å². The number of hydrogen-bond acceptors (Lipinski definition) is 6. The molecule has 1 aliphatic heterocycles. The summed E-state index contributed by atoms with van der Waals surface area (Å²) in [5.74, 6) is 0.929. The minimum atomic E-state index is -0.0246. The van der Waals surface area contributed by atoms with E-state index in [9.17, 15) is 4.79 Å². The van der Waals surface area contributed by atoms with E-state index in [4.69, 9.17) is 5.26 Å². The first kappa shape index (κ1) is 17.4. The summed E-state index contributed by atoms with van der Waals surface area (Å²) in [6, 6.07) is 11.1. The van der Waals surface area contributed by atoms with Crippen LogP contribution in [0.5, 0.6) is 0 Å². The number of benzene rings is 1. The lowest BCUT2D eigenvalue weighted by Gasteiger charge is -2.35. The van der Waals surface area contributed by atoms with Crippen molar-refractivity contribution in [1.29, 1.82) is 5.26 Å². The highest BCUT2D eigenvalue weighted by molar-refractivity contribution is 7.18. The van der Waals surface area contributed by atoms with E-state index in [2.05, 4.69) is 33.9 Å². The number of carbonyl (C=O) groups excluding carboxylic acids is 1. The molecule has 2 aromatic heterocycles. The fraction of sp³-hybridized carbons (Fsp3) is 0.300. The highest BCUT2D eigenvalue weighted by Gasteiger charge is 2.24. The molecule has 3 heterocycles. The first-order valence-electron chi connectivity index (χ1n) is 8.97. The molecule has 3 aromatic rings. The van der Waals surface area contributed by atoms with Crippen LogP contribution in [0.3, 0.4) is 0 Å². The van der Waals surface area contributed by atoms with Crippen molar-refractivity contribution in [3.05, 3.63) is 52.7 Å². The molecule has 6 nitrogen and oxygen atoms in total. The van der Waals surface area contributed by atoms with Crippen molar-refractivity contribution < 1.29 is 4.79 Å². The summed E-state index contributed by atoms with van der Waals surface area (Å²) < 4.78 is 0. The van der Waals surface area contributed by atoms with Gasteiger partial charge in [0.15, 0.2) is 0 Å². The summed E-state index contributed by atoms with van der Waals surface area (Å²) in [6.45, 7) is 4.86. The van der Waals surface area contributed by atoms with E-state index in [0.717, 1.165) is 35.5 Å². The molecule has 27 heavy (non-hydrogen) atoms. The Bertz CT molecular complexity index is 1030. The van der Waals surface area contributed by atoms with E-state index in [0.29, 0.717) is 24.2 Å². The molecule has 0 unspecified atom stereocenters. The number of hydrogen-bond donors (Lipinski definition) is 0. The van der Waals surface area contributed by atoms with E-state index in [1.165, 1.54) is 4.88 Å². The number of nitriles is 1. The molecule has 0 radical (unpaired) electrons. The minimum absolute atomic E-state index is 0.0246. The molecule has 136 valence electrons. The van der Waals surface area contributed by atoms with Crippen LogP contribution in [-0.2, 0) is 6.42 Å². The van der Waals surface area contributed by atoms with Gasteiger partial charge in [-0.2, -0.15) is 5.26 Å². The second-order valence-electron chi connectivity index (χ2n) is 6.45. The van der Waals surface area contributed by atoms with Gasteiger partial charge in [-0.05, 0) is 30.7 Å². The predicted octanol–water partition coefficient (Wildman–Crippen LogP) is 3.09. The highest BCUT2D eigenvalue weighted by Crippen LogP contribution is 2.31. The predicted molar refractivity (Wildman–Crippen MR) is 106 cm³/mol. The quantitative estimate of drug-likeness (QED) is 0.701. The second kappa shape index (κ2) is 7.33. The molecular formula is C20H19N5OS. The van der Waals surface area contributed by atoms with Gasteiger partial charge in [0.2, 0.25) is 0 Å². The maximum atomic E-state index is 12.7. The highest BCUT2D eigenvalue weighted by atomic mass is 32.1. The molecule has 0 spiro atoms. The van der Waals surface area contributed by atoms with E-state index >= 15 is 0 Å². The topological polar surface area (TPSA) is 73.1 Å².